The van der Waals surface area contributed by atoms with Gasteiger partial charge in [0.2, 0.25) is 0 Å². The second-order valence-corrected chi connectivity index (χ2v) is 4.02. The van der Waals surface area contributed by atoms with Crippen molar-refractivity contribution in [1.82, 2.24) is 19.7 Å². The van der Waals surface area contributed by atoms with Crippen LogP contribution in [0.1, 0.15) is 5.82 Å². The quantitative estimate of drug-likeness (QED) is 0.635. The third-order valence-corrected chi connectivity index (χ3v) is 2.49. The molecule has 18 heavy (non-hydrogen) atoms. The van der Waals surface area contributed by atoms with E-state index >= 15 is 0 Å². The number of hydrogen-bond donors (Lipinski definition) is 1. The third-order valence-electron chi connectivity index (χ3n) is 2.49. The topological polar surface area (TPSA) is 72.3 Å². The molecule has 6 nitrogen and oxygen atoms in total. The zero-order chi connectivity index (χ0) is 13.0. The van der Waals surface area contributed by atoms with E-state index in [1.54, 1.807) is 11.2 Å². The summed E-state index contributed by atoms with van der Waals surface area (Å²) >= 11 is 0. The average molecular weight is 244 g/mol. The Morgan fingerprint density at radius 1 is 1.33 bits per heavy atom. The summed E-state index contributed by atoms with van der Waals surface area (Å²) in [7, 11) is 3.70. The minimum Gasteiger partial charge on any atom is -0.370 e. The molecular weight excluding hydrogens is 228 g/mol. The van der Waals surface area contributed by atoms with Crippen LogP contribution in [0.5, 0.6) is 0 Å². The van der Waals surface area contributed by atoms with Gasteiger partial charge in [-0.15, -0.1) is 10.2 Å². The second kappa shape index (κ2) is 5.31. The van der Waals surface area contributed by atoms with Crippen molar-refractivity contribution in [3.8, 4) is 5.69 Å². The van der Waals surface area contributed by atoms with Gasteiger partial charge >= 0.3 is 0 Å². The average Bonchev–Trinajstić information content (AvgIpc) is 2.85. The summed E-state index contributed by atoms with van der Waals surface area (Å²) < 4.78 is 1.90. The molecule has 2 N–H and O–H groups in total. The van der Waals surface area contributed by atoms with Gasteiger partial charge in [-0.25, -0.2) is 4.99 Å². The Bertz CT molecular complexity index is 529. The Morgan fingerprint density at radius 3 is 2.72 bits per heavy atom. The van der Waals surface area contributed by atoms with E-state index in [-0.39, 0.29) is 0 Å². The molecule has 0 fully saturated rings. The SMILES string of the molecule is CN(C)C(N)=NCc1nncn1-c1ccccc1. The van der Waals surface area contributed by atoms with E-state index in [9.17, 15) is 0 Å². The van der Waals surface area contributed by atoms with E-state index in [4.69, 9.17) is 5.73 Å². The molecule has 2 rings (SSSR count). The fraction of sp³-hybridized carbons (Fsp3) is 0.250. The molecule has 1 aromatic carbocycles. The van der Waals surface area contributed by atoms with Crippen molar-refractivity contribution in [2.24, 2.45) is 10.7 Å². The van der Waals surface area contributed by atoms with Gasteiger partial charge in [0.1, 0.15) is 12.9 Å². The Morgan fingerprint density at radius 2 is 2.06 bits per heavy atom. The van der Waals surface area contributed by atoms with Gasteiger partial charge in [0.05, 0.1) is 0 Å². The van der Waals surface area contributed by atoms with Crippen LogP contribution in [0, 0.1) is 0 Å². The lowest BCUT2D eigenvalue weighted by Crippen LogP contribution is -2.30. The number of para-hydroxylation sites is 1. The van der Waals surface area contributed by atoms with Crippen molar-refractivity contribution in [3.05, 3.63) is 42.5 Å². The summed E-state index contributed by atoms with van der Waals surface area (Å²) in [5.41, 5.74) is 6.75. The van der Waals surface area contributed by atoms with E-state index in [2.05, 4.69) is 15.2 Å². The van der Waals surface area contributed by atoms with Gasteiger partial charge in [-0.05, 0) is 12.1 Å². The highest BCUT2D eigenvalue weighted by atomic mass is 15.3. The minimum absolute atomic E-state index is 0.402. The molecule has 0 amide bonds. The van der Waals surface area contributed by atoms with Gasteiger partial charge in [0, 0.05) is 19.8 Å². The molecule has 6 heteroatoms. The first kappa shape index (κ1) is 12.1. The van der Waals surface area contributed by atoms with Gasteiger partial charge in [0.15, 0.2) is 11.8 Å². The van der Waals surface area contributed by atoms with Crippen molar-refractivity contribution >= 4 is 5.96 Å². The first-order chi connectivity index (χ1) is 8.68. The Kier molecular flexibility index (Phi) is 3.57. The number of aromatic nitrogens is 3. The van der Waals surface area contributed by atoms with Crippen LogP contribution in [0.4, 0.5) is 0 Å². The van der Waals surface area contributed by atoms with Crippen molar-refractivity contribution in [2.75, 3.05) is 14.1 Å². The highest BCUT2D eigenvalue weighted by molar-refractivity contribution is 5.77. The normalized spacial score (nSPS) is 11.6. The Labute approximate surface area is 106 Å². The Balaban J connectivity index is 2.22. The number of hydrogen-bond acceptors (Lipinski definition) is 3. The summed E-state index contributed by atoms with van der Waals surface area (Å²) in [5, 5.41) is 7.97. The maximum absolute atomic E-state index is 5.74. The van der Waals surface area contributed by atoms with Crippen LogP contribution in [0.15, 0.2) is 41.7 Å². The maximum atomic E-state index is 5.74. The molecule has 0 aliphatic rings. The summed E-state index contributed by atoms with van der Waals surface area (Å²) in [5.74, 6) is 1.23. The lowest BCUT2D eigenvalue weighted by atomic mass is 10.3. The molecule has 0 atom stereocenters. The molecule has 0 spiro atoms. The third kappa shape index (κ3) is 2.65. The number of benzene rings is 1. The van der Waals surface area contributed by atoms with E-state index in [1.165, 1.54) is 0 Å². The lowest BCUT2D eigenvalue weighted by Gasteiger charge is -2.10. The second-order valence-electron chi connectivity index (χ2n) is 4.02. The molecule has 0 unspecified atom stereocenters. The van der Waals surface area contributed by atoms with Crippen LogP contribution >= 0.6 is 0 Å². The largest absolute Gasteiger partial charge is 0.370 e. The smallest absolute Gasteiger partial charge is 0.191 e. The lowest BCUT2D eigenvalue weighted by molar-refractivity contribution is 0.607. The molecule has 2 aromatic rings. The van der Waals surface area contributed by atoms with E-state index in [0.29, 0.717) is 12.5 Å². The first-order valence-corrected chi connectivity index (χ1v) is 5.60. The van der Waals surface area contributed by atoms with Crippen molar-refractivity contribution < 1.29 is 0 Å². The van der Waals surface area contributed by atoms with Crippen LogP contribution < -0.4 is 5.73 Å². The predicted molar refractivity (Wildman–Crippen MR) is 70.4 cm³/mol. The molecule has 0 aliphatic carbocycles. The monoisotopic (exact) mass is 244 g/mol. The van der Waals surface area contributed by atoms with Crippen molar-refractivity contribution in [1.29, 1.82) is 0 Å². The molecule has 0 saturated heterocycles. The number of guanidine groups is 1. The molecule has 0 aliphatic heterocycles. The molecule has 0 radical (unpaired) electrons. The van der Waals surface area contributed by atoms with Crippen LogP contribution in [0.3, 0.4) is 0 Å². The number of rotatable bonds is 3. The van der Waals surface area contributed by atoms with Gasteiger partial charge in [-0.1, -0.05) is 18.2 Å². The predicted octanol–water partition coefficient (Wildman–Crippen LogP) is 0.644. The molecule has 1 aromatic heterocycles. The van der Waals surface area contributed by atoms with Crippen molar-refractivity contribution in [2.45, 2.75) is 6.54 Å². The maximum Gasteiger partial charge on any atom is 0.191 e. The van der Waals surface area contributed by atoms with Crippen molar-refractivity contribution in [3.63, 3.8) is 0 Å². The zero-order valence-corrected chi connectivity index (χ0v) is 10.5. The number of nitrogens with zero attached hydrogens (tertiary/aromatic N) is 5. The molecule has 0 saturated carbocycles. The first-order valence-electron chi connectivity index (χ1n) is 5.60. The Hall–Kier alpha value is -2.37. The number of aliphatic imine (C=N–C) groups is 1. The summed E-state index contributed by atoms with van der Waals surface area (Å²) in [6.45, 7) is 0.402. The van der Waals surface area contributed by atoms with Gasteiger partial charge in [-0.2, -0.15) is 0 Å². The molecule has 94 valence electrons. The van der Waals surface area contributed by atoms with E-state index in [1.807, 2.05) is 49.0 Å². The van der Waals surface area contributed by atoms with E-state index in [0.717, 1.165) is 11.5 Å². The molecule has 0 bridgehead atoms. The number of nitrogens with two attached hydrogens (primary N) is 1. The van der Waals surface area contributed by atoms with Crippen LogP contribution in [0.25, 0.3) is 5.69 Å². The van der Waals surface area contributed by atoms with Crippen LogP contribution in [-0.4, -0.2) is 39.7 Å². The fourth-order valence-electron chi connectivity index (χ4n) is 1.46. The fourth-order valence-corrected chi connectivity index (χ4v) is 1.46. The summed E-state index contributed by atoms with van der Waals surface area (Å²) in [6, 6.07) is 9.89. The van der Waals surface area contributed by atoms with Gasteiger partial charge in [0.25, 0.3) is 0 Å². The zero-order valence-electron chi connectivity index (χ0n) is 10.5. The summed E-state index contributed by atoms with van der Waals surface area (Å²) in [6.07, 6.45) is 1.67. The van der Waals surface area contributed by atoms with E-state index < -0.39 is 0 Å². The van der Waals surface area contributed by atoms with Crippen LogP contribution in [0.2, 0.25) is 0 Å². The standard InChI is InChI=1S/C12H16N6/c1-17(2)12(13)14-8-11-16-15-9-18(11)10-6-4-3-5-7-10/h3-7,9H,8H2,1-2H3,(H2,13,14). The summed E-state index contributed by atoms with van der Waals surface area (Å²) in [4.78, 5) is 6.00. The minimum atomic E-state index is 0.402. The van der Waals surface area contributed by atoms with Gasteiger partial charge in [-0.3, -0.25) is 4.57 Å². The highest BCUT2D eigenvalue weighted by Crippen LogP contribution is 2.09. The molecule has 1 heterocycles. The van der Waals surface area contributed by atoms with Gasteiger partial charge < -0.3 is 10.6 Å². The highest BCUT2D eigenvalue weighted by Gasteiger charge is 2.05. The van der Waals surface area contributed by atoms with Crippen LogP contribution in [-0.2, 0) is 6.54 Å². The molecular formula is C12H16N6.